The summed E-state index contributed by atoms with van der Waals surface area (Å²) in [7, 11) is 1.88. The third kappa shape index (κ3) is 3.39. The predicted molar refractivity (Wildman–Crippen MR) is 79.8 cm³/mol. The van der Waals surface area contributed by atoms with Crippen LogP contribution in [0.4, 0.5) is 0 Å². The molecule has 1 saturated heterocycles. The van der Waals surface area contributed by atoms with Gasteiger partial charge >= 0.3 is 0 Å². The van der Waals surface area contributed by atoms with Crippen molar-refractivity contribution in [2.75, 3.05) is 19.6 Å². The van der Waals surface area contributed by atoms with E-state index in [0.717, 1.165) is 43.7 Å². The molecule has 0 aromatic carbocycles. The summed E-state index contributed by atoms with van der Waals surface area (Å²) in [6.07, 6.45) is 6.23. The molecule has 0 saturated carbocycles. The van der Waals surface area contributed by atoms with E-state index in [1.807, 2.05) is 18.9 Å². The maximum atomic E-state index is 12.7. The highest BCUT2D eigenvalue weighted by Crippen LogP contribution is 2.14. The van der Waals surface area contributed by atoms with Crippen LogP contribution in [-0.4, -0.2) is 46.3 Å². The van der Waals surface area contributed by atoms with E-state index in [1.165, 1.54) is 12.8 Å². The van der Waals surface area contributed by atoms with Gasteiger partial charge in [-0.1, -0.05) is 13.3 Å². The Morgan fingerprint density at radius 1 is 1.60 bits per heavy atom. The quantitative estimate of drug-likeness (QED) is 0.862. The minimum absolute atomic E-state index is 0.123. The first-order valence-electron chi connectivity index (χ1n) is 7.64. The van der Waals surface area contributed by atoms with Crippen molar-refractivity contribution in [2.24, 2.45) is 7.05 Å². The predicted octanol–water partition coefficient (Wildman–Crippen LogP) is 1.72. The zero-order valence-electron chi connectivity index (χ0n) is 12.9. The van der Waals surface area contributed by atoms with Gasteiger partial charge in [0.05, 0.1) is 11.8 Å². The summed E-state index contributed by atoms with van der Waals surface area (Å²) in [5.41, 5.74) is 1.68. The molecule has 0 bridgehead atoms. The molecule has 1 N–H and O–H groups in total. The average Bonchev–Trinajstić information content (AvgIpc) is 3.06. The van der Waals surface area contributed by atoms with Gasteiger partial charge in [0.15, 0.2) is 0 Å². The summed E-state index contributed by atoms with van der Waals surface area (Å²) in [5.74, 6) is 0.123. The molecule has 112 valence electrons. The highest BCUT2D eigenvalue weighted by molar-refractivity contribution is 5.95. The number of carbonyl (C=O) groups excluding carboxylic acids is 1. The first kappa shape index (κ1) is 15.0. The average molecular weight is 278 g/mol. The van der Waals surface area contributed by atoms with Gasteiger partial charge in [0.1, 0.15) is 0 Å². The van der Waals surface area contributed by atoms with E-state index < -0.39 is 0 Å². The van der Waals surface area contributed by atoms with E-state index in [9.17, 15) is 4.79 Å². The molecule has 5 heteroatoms. The Morgan fingerprint density at radius 2 is 2.40 bits per heavy atom. The van der Waals surface area contributed by atoms with Gasteiger partial charge < -0.3 is 10.2 Å². The fourth-order valence-electron chi connectivity index (χ4n) is 2.68. The molecular formula is C15H26N4O. The summed E-state index contributed by atoms with van der Waals surface area (Å²) in [6.45, 7) is 6.83. The Morgan fingerprint density at radius 3 is 2.95 bits per heavy atom. The summed E-state index contributed by atoms with van der Waals surface area (Å²) in [4.78, 5) is 14.7. The number of aryl methyl sites for hydroxylation is 1. The molecule has 1 aromatic rings. The van der Waals surface area contributed by atoms with E-state index in [2.05, 4.69) is 17.3 Å². The Labute approximate surface area is 121 Å². The number of carbonyl (C=O) groups is 1. The van der Waals surface area contributed by atoms with Gasteiger partial charge in [-0.25, -0.2) is 0 Å². The van der Waals surface area contributed by atoms with Gasteiger partial charge in [-0.05, 0) is 32.7 Å². The van der Waals surface area contributed by atoms with Crippen LogP contribution in [0.25, 0.3) is 0 Å². The molecule has 1 unspecified atom stereocenters. The first-order chi connectivity index (χ1) is 9.63. The van der Waals surface area contributed by atoms with Crippen LogP contribution >= 0.6 is 0 Å². The number of amides is 1. The van der Waals surface area contributed by atoms with Crippen LogP contribution in [0, 0.1) is 6.92 Å². The van der Waals surface area contributed by atoms with Gasteiger partial charge in [0.2, 0.25) is 0 Å². The van der Waals surface area contributed by atoms with Crippen molar-refractivity contribution < 1.29 is 4.79 Å². The highest BCUT2D eigenvalue weighted by atomic mass is 16.2. The Hall–Kier alpha value is -1.36. The molecule has 0 radical (unpaired) electrons. The molecule has 1 aromatic heterocycles. The lowest BCUT2D eigenvalue weighted by molar-refractivity contribution is 0.0738. The van der Waals surface area contributed by atoms with Crippen LogP contribution in [-0.2, 0) is 7.05 Å². The Balaban J connectivity index is 2.08. The summed E-state index contributed by atoms with van der Waals surface area (Å²) >= 11 is 0. The van der Waals surface area contributed by atoms with Crippen molar-refractivity contribution in [3.05, 3.63) is 17.5 Å². The summed E-state index contributed by atoms with van der Waals surface area (Å²) in [6, 6.07) is 0.452. The lowest BCUT2D eigenvalue weighted by Gasteiger charge is -2.25. The molecule has 2 rings (SSSR count). The number of nitrogens with one attached hydrogen (secondary N) is 1. The van der Waals surface area contributed by atoms with E-state index in [-0.39, 0.29) is 5.91 Å². The number of hydrogen-bond donors (Lipinski definition) is 1. The number of aromatic nitrogens is 2. The maximum Gasteiger partial charge on any atom is 0.257 e. The molecule has 5 nitrogen and oxygen atoms in total. The van der Waals surface area contributed by atoms with Crippen molar-refractivity contribution in [3.8, 4) is 0 Å². The van der Waals surface area contributed by atoms with Crippen LogP contribution in [0.15, 0.2) is 6.20 Å². The molecule has 1 aliphatic rings. The number of nitrogens with zero attached hydrogens (tertiary/aromatic N) is 3. The zero-order chi connectivity index (χ0) is 14.5. The third-order valence-electron chi connectivity index (χ3n) is 4.14. The zero-order valence-corrected chi connectivity index (χ0v) is 12.9. The van der Waals surface area contributed by atoms with Gasteiger partial charge in [0, 0.05) is 31.9 Å². The molecule has 2 heterocycles. The lowest BCUT2D eigenvalue weighted by Crippen LogP contribution is -2.41. The van der Waals surface area contributed by atoms with E-state index in [1.54, 1.807) is 10.9 Å². The third-order valence-corrected chi connectivity index (χ3v) is 4.14. The molecule has 1 amide bonds. The van der Waals surface area contributed by atoms with Crippen LogP contribution in [0.5, 0.6) is 0 Å². The number of hydrogen-bond acceptors (Lipinski definition) is 3. The second-order valence-corrected chi connectivity index (χ2v) is 5.67. The molecule has 20 heavy (non-hydrogen) atoms. The second kappa shape index (κ2) is 6.88. The topological polar surface area (TPSA) is 50.2 Å². The monoisotopic (exact) mass is 278 g/mol. The number of rotatable bonds is 6. The maximum absolute atomic E-state index is 12.7. The Bertz CT molecular complexity index is 449. The van der Waals surface area contributed by atoms with Crippen LogP contribution < -0.4 is 5.32 Å². The molecule has 0 aliphatic carbocycles. The van der Waals surface area contributed by atoms with E-state index >= 15 is 0 Å². The Kier molecular flexibility index (Phi) is 5.17. The van der Waals surface area contributed by atoms with Gasteiger partial charge in [-0.3, -0.25) is 9.48 Å². The standard InChI is InChI=1S/C15H26N4O/c1-4-5-9-19(11-13-7-6-8-16-13)15(20)14-10-17-18(3)12(14)2/h10,13,16H,4-9,11H2,1-3H3. The fourth-order valence-corrected chi connectivity index (χ4v) is 2.68. The van der Waals surface area contributed by atoms with Crippen LogP contribution in [0.1, 0.15) is 48.7 Å². The van der Waals surface area contributed by atoms with Crippen LogP contribution in [0.3, 0.4) is 0 Å². The molecule has 1 atom stereocenters. The summed E-state index contributed by atoms with van der Waals surface area (Å²) in [5, 5.41) is 7.66. The van der Waals surface area contributed by atoms with Crippen molar-refractivity contribution in [3.63, 3.8) is 0 Å². The number of unbranched alkanes of at least 4 members (excludes halogenated alkanes) is 1. The fraction of sp³-hybridized carbons (Fsp3) is 0.733. The minimum Gasteiger partial charge on any atom is -0.337 e. The van der Waals surface area contributed by atoms with Crippen molar-refractivity contribution in [2.45, 2.75) is 45.6 Å². The SMILES string of the molecule is CCCCN(CC1CCCN1)C(=O)c1cnn(C)c1C. The molecule has 0 spiro atoms. The molecule has 1 fully saturated rings. The van der Waals surface area contributed by atoms with Gasteiger partial charge in [-0.15, -0.1) is 0 Å². The van der Waals surface area contributed by atoms with Gasteiger partial charge in [0.25, 0.3) is 5.91 Å². The minimum atomic E-state index is 0.123. The lowest BCUT2D eigenvalue weighted by atomic mass is 10.1. The van der Waals surface area contributed by atoms with Crippen LogP contribution in [0.2, 0.25) is 0 Å². The van der Waals surface area contributed by atoms with Crippen molar-refractivity contribution in [1.82, 2.24) is 20.0 Å². The highest BCUT2D eigenvalue weighted by Gasteiger charge is 2.24. The summed E-state index contributed by atoms with van der Waals surface area (Å²) < 4.78 is 1.76. The van der Waals surface area contributed by atoms with Gasteiger partial charge in [-0.2, -0.15) is 5.10 Å². The first-order valence-corrected chi connectivity index (χ1v) is 7.64. The normalized spacial score (nSPS) is 18.4. The van der Waals surface area contributed by atoms with E-state index in [0.29, 0.717) is 6.04 Å². The van der Waals surface area contributed by atoms with E-state index in [4.69, 9.17) is 0 Å². The van der Waals surface area contributed by atoms with Crippen molar-refractivity contribution in [1.29, 1.82) is 0 Å². The molecular weight excluding hydrogens is 252 g/mol. The van der Waals surface area contributed by atoms with Crippen molar-refractivity contribution >= 4 is 5.91 Å². The second-order valence-electron chi connectivity index (χ2n) is 5.67. The smallest absolute Gasteiger partial charge is 0.257 e. The molecule has 1 aliphatic heterocycles. The largest absolute Gasteiger partial charge is 0.337 e.